The minimum Gasteiger partial charge on any atom is -0.357 e. The highest BCUT2D eigenvalue weighted by Crippen LogP contribution is 2.37. The fourth-order valence-electron chi connectivity index (χ4n) is 3.27. The number of rotatable bonds is 4. The van der Waals surface area contributed by atoms with Gasteiger partial charge in [0.25, 0.3) is 0 Å². The van der Waals surface area contributed by atoms with Crippen molar-refractivity contribution in [2.45, 2.75) is 0 Å². The van der Waals surface area contributed by atoms with Crippen LogP contribution >= 0.6 is 11.6 Å². The van der Waals surface area contributed by atoms with Gasteiger partial charge in [0.05, 0.1) is 11.3 Å². The Labute approximate surface area is 163 Å². The summed E-state index contributed by atoms with van der Waals surface area (Å²) in [5.74, 6) is 1.58. The highest BCUT2D eigenvalue weighted by Gasteiger charge is 2.24. The topological polar surface area (TPSA) is 73.0 Å². The Kier molecular flexibility index (Phi) is 4.96. The summed E-state index contributed by atoms with van der Waals surface area (Å²) in [6, 6.07) is 9.64. The fourth-order valence-corrected chi connectivity index (χ4v) is 3.40. The Hall–Kier alpha value is -2.64. The van der Waals surface area contributed by atoms with Crippen LogP contribution in [-0.4, -0.2) is 65.3 Å². The van der Waals surface area contributed by atoms with Gasteiger partial charge in [-0.15, -0.1) is 0 Å². The van der Waals surface area contributed by atoms with E-state index in [2.05, 4.69) is 42.3 Å². The summed E-state index contributed by atoms with van der Waals surface area (Å²) in [5.41, 5.74) is 3.68. The lowest BCUT2D eigenvalue weighted by Gasteiger charge is -2.33. The summed E-state index contributed by atoms with van der Waals surface area (Å²) in [5, 5.41) is 11.6. The summed E-state index contributed by atoms with van der Waals surface area (Å²) in [4.78, 5) is 13.6. The van der Waals surface area contributed by atoms with Crippen molar-refractivity contribution < 1.29 is 0 Å². The zero-order chi connectivity index (χ0) is 18.8. The van der Waals surface area contributed by atoms with Crippen LogP contribution in [0.1, 0.15) is 0 Å². The second-order valence-electron chi connectivity index (χ2n) is 6.61. The van der Waals surface area contributed by atoms with Gasteiger partial charge in [-0.05, 0) is 25.2 Å². The van der Waals surface area contributed by atoms with Crippen LogP contribution in [0.2, 0.25) is 5.02 Å². The van der Waals surface area contributed by atoms with E-state index in [0.29, 0.717) is 11.0 Å². The second-order valence-corrected chi connectivity index (χ2v) is 7.04. The summed E-state index contributed by atoms with van der Waals surface area (Å²) >= 11 is 6.07. The molecule has 0 bridgehead atoms. The van der Waals surface area contributed by atoms with Crippen molar-refractivity contribution in [3.05, 3.63) is 41.6 Å². The minimum absolute atomic E-state index is 0.583. The van der Waals surface area contributed by atoms with Gasteiger partial charge in [-0.3, -0.25) is 5.10 Å². The number of anilines is 2. The predicted octanol–water partition coefficient (Wildman–Crippen LogP) is 2.98. The Morgan fingerprint density at radius 2 is 1.81 bits per heavy atom. The number of benzene rings is 1. The quantitative estimate of drug-likeness (QED) is 0.721. The normalized spacial score (nSPS) is 15.1. The SMILES string of the molecule is CNc1nccc(-c2c(-c3ccc(Cl)cc3)n[nH]c2N2CCN(C)CC2)n1. The van der Waals surface area contributed by atoms with E-state index >= 15 is 0 Å². The maximum Gasteiger partial charge on any atom is 0.222 e. The van der Waals surface area contributed by atoms with Crippen molar-refractivity contribution in [2.75, 3.05) is 50.5 Å². The van der Waals surface area contributed by atoms with E-state index in [-0.39, 0.29) is 0 Å². The largest absolute Gasteiger partial charge is 0.357 e. The third-order valence-corrected chi connectivity index (χ3v) is 5.07. The van der Waals surface area contributed by atoms with Gasteiger partial charge in [0.1, 0.15) is 11.5 Å². The number of piperazine rings is 1. The highest BCUT2D eigenvalue weighted by molar-refractivity contribution is 6.30. The van der Waals surface area contributed by atoms with Crippen LogP contribution in [0.25, 0.3) is 22.5 Å². The van der Waals surface area contributed by atoms with E-state index in [1.807, 2.05) is 37.4 Å². The Morgan fingerprint density at radius 1 is 1.07 bits per heavy atom. The fraction of sp³-hybridized carbons (Fsp3) is 0.316. The molecule has 1 aromatic carbocycles. The van der Waals surface area contributed by atoms with Gasteiger partial charge in [0.2, 0.25) is 5.95 Å². The van der Waals surface area contributed by atoms with E-state index in [9.17, 15) is 0 Å². The molecule has 0 unspecified atom stereocenters. The molecular weight excluding hydrogens is 362 g/mol. The first-order chi connectivity index (χ1) is 13.2. The van der Waals surface area contributed by atoms with Gasteiger partial charge in [-0.2, -0.15) is 5.10 Å². The molecule has 0 radical (unpaired) electrons. The summed E-state index contributed by atoms with van der Waals surface area (Å²) in [6.45, 7) is 3.91. The average molecular weight is 384 g/mol. The molecule has 0 spiro atoms. The smallest absolute Gasteiger partial charge is 0.222 e. The minimum atomic E-state index is 0.583. The molecule has 0 saturated carbocycles. The van der Waals surface area contributed by atoms with E-state index in [0.717, 1.165) is 54.5 Å². The molecule has 4 rings (SSSR count). The molecule has 1 aliphatic heterocycles. The third kappa shape index (κ3) is 3.61. The molecule has 1 aliphatic rings. The Balaban J connectivity index is 1.83. The third-order valence-electron chi connectivity index (χ3n) is 4.82. The summed E-state index contributed by atoms with van der Waals surface area (Å²) < 4.78 is 0. The van der Waals surface area contributed by atoms with Gasteiger partial charge < -0.3 is 15.1 Å². The number of hydrogen-bond acceptors (Lipinski definition) is 6. The van der Waals surface area contributed by atoms with Gasteiger partial charge >= 0.3 is 0 Å². The molecule has 2 N–H and O–H groups in total. The maximum atomic E-state index is 6.07. The van der Waals surface area contributed by atoms with Crippen LogP contribution < -0.4 is 10.2 Å². The van der Waals surface area contributed by atoms with E-state index in [1.54, 1.807) is 6.20 Å². The van der Waals surface area contributed by atoms with Crippen molar-refractivity contribution in [2.24, 2.45) is 0 Å². The summed E-state index contributed by atoms with van der Waals surface area (Å²) in [6.07, 6.45) is 1.76. The lowest BCUT2D eigenvalue weighted by molar-refractivity contribution is 0.312. The first-order valence-electron chi connectivity index (χ1n) is 8.94. The van der Waals surface area contributed by atoms with Crippen molar-refractivity contribution in [3.63, 3.8) is 0 Å². The number of nitrogens with one attached hydrogen (secondary N) is 2. The van der Waals surface area contributed by atoms with Crippen LogP contribution in [0.5, 0.6) is 0 Å². The van der Waals surface area contributed by atoms with Gasteiger partial charge in [-0.1, -0.05) is 23.7 Å². The molecule has 0 aliphatic carbocycles. The lowest BCUT2D eigenvalue weighted by Crippen LogP contribution is -2.44. The number of aromatic nitrogens is 4. The number of aromatic amines is 1. The van der Waals surface area contributed by atoms with E-state index in [4.69, 9.17) is 11.6 Å². The van der Waals surface area contributed by atoms with E-state index < -0.39 is 0 Å². The van der Waals surface area contributed by atoms with Crippen LogP contribution in [0.4, 0.5) is 11.8 Å². The first-order valence-corrected chi connectivity index (χ1v) is 9.32. The first kappa shape index (κ1) is 17.8. The van der Waals surface area contributed by atoms with Gasteiger partial charge in [0, 0.05) is 50.0 Å². The number of halogens is 1. The Morgan fingerprint density at radius 3 is 2.52 bits per heavy atom. The van der Waals surface area contributed by atoms with Crippen LogP contribution in [0.15, 0.2) is 36.5 Å². The molecule has 3 heterocycles. The van der Waals surface area contributed by atoms with Crippen LogP contribution in [0.3, 0.4) is 0 Å². The number of nitrogens with zero attached hydrogens (tertiary/aromatic N) is 5. The monoisotopic (exact) mass is 383 g/mol. The zero-order valence-corrected chi connectivity index (χ0v) is 16.2. The maximum absolute atomic E-state index is 6.07. The molecule has 7 nitrogen and oxygen atoms in total. The standard InChI is InChI=1S/C19H22ClN7/c1-21-19-22-8-7-15(23-19)16-17(13-3-5-14(20)6-4-13)24-25-18(16)27-11-9-26(2)10-12-27/h3-8H,9-12H2,1-2H3,(H,24,25)(H,21,22,23). The summed E-state index contributed by atoms with van der Waals surface area (Å²) in [7, 11) is 3.96. The number of H-pyrrole nitrogens is 1. The number of likely N-dealkylation sites (N-methyl/N-ethyl adjacent to an activating group) is 1. The molecule has 8 heteroatoms. The second kappa shape index (κ2) is 7.54. The average Bonchev–Trinajstić information content (AvgIpc) is 3.14. The van der Waals surface area contributed by atoms with Crippen molar-refractivity contribution in [3.8, 4) is 22.5 Å². The molecule has 0 atom stereocenters. The molecule has 1 saturated heterocycles. The molecule has 0 amide bonds. The van der Waals surface area contributed by atoms with Gasteiger partial charge in [0.15, 0.2) is 0 Å². The predicted molar refractivity (Wildman–Crippen MR) is 109 cm³/mol. The highest BCUT2D eigenvalue weighted by atomic mass is 35.5. The van der Waals surface area contributed by atoms with Gasteiger partial charge in [-0.25, -0.2) is 9.97 Å². The molecule has 140 valence electrons. The van der Waals surface area contributed by atoms with Crippen molar-refractivity contribution in [1.82, 2.24) is 25.1 Å². The van der Waals surface area contributed by atoms with Crippen molar-refractivity contribution in [1.29, 1.82) is 0 Å². The molecular formula is C19H22ClN7. The molecule has 27 heavy (non-hydrogen) atoms. The van der Waals surface area contributed by atoms with Crippen LogP contribution in [-0.2, 0) is 0 Å². The van der Waals surface area contributed by atoms with Crippen LogP contribution in [0, 0.1) is 0 Å². The zero-order valence-electron chi connectivity index (χ0n) is 15.4. The number of hydrogen-bond donors (Lipinski definition) is 2. The Bertz CT molecular complexity index is 914. The molecule has 2 aromatic heterocycles. The van der Waals surface area contributed by atoms with E-state index in [1.165, 1.54) is 0 Å². The lowest BCUT2D eigenvalue weighted by atomic mass is 10.0. The molecule has 3 aromatic rings. The molecule has 1 fully saturated rings. The van der Waals surface area contributed by atoms with Crippen molar-refractivity contribution >= 4 is 23.4 Å².